The van der Waals surface area contributed by atoms with Gasteiger partial charge in [0, 0.05) is 12.6 Å². The van der Waals surface area contributed by atoms with Gasteiger partial charge in [0.05, 0.1) is 0 Å². The van der Waals surface area contributed by atoms with Crippen LogP contribution in [-0.4, -0.2) is 0 Å². The molecule has 2 aromatic rings. The van der Waals surface area contributed by atoms with Crippen molar-refractivity contribution in [2.75, 3.05) is 0 Å². The first-order chi connectivity index (χ1) is 9.72. The lowest BCUT2D eigenvalue weighted by atomic mass is 10.0. The van der Waals surface area contributed by atoms with Crippen molar-refractivity contribution >= 4 is 0 Å². The number of benzene rings is 2. The number of aryl methyl sites for hydroxylation is 1. The molecule has 0 saturated heterocycles. The lowest BCUT2D eigenvalue weighted by Crippen LogP contribution is -2.18. The fourth-order valence-corrected chi connectivity index (χ4v) is 2.62. The Balaban J connectivity index is 1.61. The van der Waals surface area contributed by atoms with Crippen LogP contribution in [0.15, 0.2) is 48.5 Å². The Morgan fingerprint density at radius 1 is 1.10 bits per heavy atom. The highest BCUT2D eigenvalue weighted by molar-refractivity contribution is 5.29. The van der Waals surface area contributed by atoms with Crippen molar-refractivity contribution in [3.8, 4) is 0 Å². The maximum absolute atomic E-state index is 3.62. The largest absolute Gasteiger partial charge is 0.306 e. The second-order valence-electron chi connectivity index (χ2n) is 6.03. The van der Waals surface area contributed by atoms with E-state index in [1.165, 1.54) is 35.1 Å². The van der Waals surface area contributed by atoms with Gasteiger partial charge in [-0.05, 0) is 49.3 Å². The zero-order valence-electron chi connectivity index (χ0n) is 12.4. The van der Waals surface area contributed by atoms with Crippen molar-refractivity contribution in [2.45, 2.75) is 45.2 Å². The first-order valence-electron chi connectivity index (χ1n) is 7.61. The SMILES string of the molecule is Cc1ccc([C@H](C)NCc2cccc(C3CC3)c2)cc1. The van der Waals surface area contributed by atoms with Gasteiger partial charge in [-0.3, -0.25) is 0 Å². The van der Waals surface area contributed by atoms with Gasteiger partial charge in [-0.15, -0.1) is 0 Å². The topological polar surface area (TPSA) is 12.0 Å². The van der Waals surface area contributed by atoms with Gasteiger partial charge >= 0.3 is 0 Å². The van der Waals surface area contributed by atoms with E-state index in [9.17, 15) is 0 Å². The van der Waals surface area contributed by atoms with Crippen molar-refractivity contribution in [3.05, 3.63) is 70.8 Å². The number of hydrogen-bond donors (Lipinski definition) is 1. The summed E-state index contributed by atoms with van der Waals surface area (Å²) in [7, 11) is 0. The highest BCUT2D eigenvalue weighted by Crippen LogP contribution is 2.40. The second-order valence-corrected chi connectivity index (χ2v) is 6.03. The Morgan fingerprint density at radius 3 is 2.55 bits per heavy atom. The fourth-order valence-electron chi connectivity index (χ4n) is 2.62. The van der Waals surface area contributed by atoms with Gasteiger partial charge in [-0.2, -0.15) is 0 Å². The molecule has 1 aliphatic carbocycles. The molecule has 0 aliphatic heterocycles. The molecule has 1 N–H and O–H groups in total. The normalized spacial score (nSPS) is 16.1. The van der Waals surface area contributed by atoms with Crippen molar-refractivity contribution in [2.24, 2.45) is 0 Å². The van der Waals surface area contributed by atoms with Gasteiger partial charge in [0.1, 0.15) is 0 Å². The quantitative estimate of drug-likeness (QED) is 0.824. The third-order valence-electron chi connectivity index (χ3n) is 4.19. The van der Waals surface area contributed by atoms with Crippen LogP contribution in [0.25, 0.3) is 0 Å². The van der Waals surface area contributed by atoms with E-state index in [1.807, 2.05) is 0 Å². The highest BCUT2D eigenvalue weighted by Gasteiger charge is 2.23. The van der Waals surface area contributed by atoms with Crippen LogP contribution in [0, 0.1) is 6.92 Å². The van der Waals surface area contributed by atoms with Gasteiger partial charge in [-0.1, -0.05) is 54.1 Å². The number of hydrogen-bond acceptors (Lipinski definition) is 1. The summed E-state index contributed by atoms with van der Waals surface area (Å²) in [5.41, 5.74) is 5.59. The van der Waals surface area contributed by atoms with Crippen LogP contribution in [-0.2, 0) is 6.54 Å². The maximum atomic E-state index is 3.62. The summed E-state index contributed by atoms with van der Waals surface area (Å²) in [6, 6.07) is 18.2. The van der Waals surface area contributed by atoms with Crippen molar-refractivity contribution in [1.82, 2.24) is 5.32 Å². The van der Waals surface area contributed by atoms with E-state index in [0.29, 0.717) is 6.04 Å². The Labute approximate surface area is 122 Å². The molecule has 0 radical (unpaired) electrons. The van der Waals surface area contributed by atoms with Crippen molar-refractivity contribution in [3.63, 3.8) is 0 Å². The predicted octanol–water partition coefficient (Wildman–Crippen LogP) is 4.72. The molecule has 1 atom stereocenters. The molecule has 2 aromatic carbocycles. The summed E-state index contributed by atoms with van der Waals surface area (Å²) in [4.78, 5) is 0. The van der Waals surface area contributed by atoms with Crippen LogP contribution < -0.4 is 5.32 Å². The Morgan fingerprint density at radius 2 is 1.85 bits per heavy atom. The van der Waals surface area contributed by atoms with Crippen LogP contribution in [0.1, 0.15) is 54.0 Å². The van der Waals surface area contributed by atoms with Gasteiger partial charge < -0.3 is 5.32 Å². The third kappa shape index (κ3) is 3.29. The molecular weight excluding hydrogens is 242 g/mol. The van der Waals surface area contributed by atoms with E-state index in [2.05, 4.69) is 67.7 Å². The van der Waals surface area contributed by atoms with Crippen molar-refractivity contribution in [1.29, 1.82) is 0 Å². The minimum Gasteiger partial charge on any atom is -0.306 e. The number of nitrogens with one attached hydrogen (secondary N) is 1. The fraction of sp³-hybridized carbons (Fsp3) is 0.368. The molecule has 1 fully saturated rings. The second kappa shape index (κ2) is 5.80. The van der Waals surface area contributed by atoms with E-state index in [4.69, 9.17) is 0 Å². The minimum atomic E-state index is 0.389. The zero-order valence-corrected chi connectivity index (χ0v) is 12.4. The maximum Gasteiger partial charge on any atom is 0.0294 e. The van der Waals surface area contributed by atoms with E-state index in [0.717, 1.165) is 12.5 Å². The summed E-state index contributed by atoms with van der Waals surface area (Å²) >= 11 is 0. The third-order valence-corrected chi connectivity index (χ3v) is 4.19. The lowest BCUT2D eigenvalue weighted by Gasteiger charge is -2.15. The van der Waals surface area contributed by atoms with Crippen molar-refractivity contribution < 1.29 is 0 Å². The molecule has 104 valence electrons. The van der Waals surface area contributed by atoms with E-state index >= 15 is 0 Å². The highest BCUT2D eigenvalue weighted by atomic mass is 14.9. The Bertz CT molecular complexity index is 567. The summed E-state index contributed by atoms with van der Waals surface area (Å²) in [6.07, 6.45) is 2.74. The summed E-state index contributed by atoms with van der Waals surface area (Å²) < 4.78 is 0. The molecule has 0 unspecified atom stereocenters. The molecule has 0 bridgehead atoms. The standard InChI is InChI=1S/C19H23N/c1-14-6-8-17(9-7-14)15(2)20-13-16-4-3-5-19(12-16)18-10-11-18/h3-9,12,15,18,20H,10-11,13H2,1-2H3/t15-/m0/s1. The monoisotopic (exact) mass is 265 g/mol. The van der Waals surface area contributed by atoms with Crippen LogP contribution in [0.3, 0.4) is 0 Å². The van der Waals surface area contributed by atoms with Gasteiger partial charge in [0.2, 0.25) is 0 Å². The minimum absolute atomic E-state index is 0.389. The molecule has 1 heteroatoms. The molecule has 1 nitrogen and oxygen atoms in total. The lowest BCUT2D eigenvalue weighted by molar-refractivity contribution is 0.574. The smallest absolute Gasteiger partial charge is 0.0294 e. The van der Waals surface area contributed by atoms with E-state index in [-0.39, 0.29) is 0 Å². The van der Waals surface area contributed by atoms with Crippen LogP contribution in [0.5, 0.6) is 0 Å². The molecule has 3 rings (SSSR count). The first kappa shape index (κ1) is 13.4. The summed E-state index contributed by atoms with van der Waals surface area (Å²) in [6.45, 7) is 5.30. The predicted molar refractivity (Wildman–Crippen MR) is 84.9 cm³/mol. The van der Waals surface area contributed by atoms with Gasteiger partial charge in [0.15, 0.2) is 0 Å². The zero-order chi connectivity index (χ0) is 13.9. The molecule has 0 spiro atoms. The van der Waals surface area contributed by atoms with E-state index < -0.39 is 0 Å². The average Bonchev–Trinajstić information content (AvgIpc) is 3.30. The van der Waals surface area contributed by atoms with Crippen LogP contribution in [0.2, 0.25) is 0 Å². The molecule has 0 heterocycles. The van der Waals surface area contributed by atoms with Gasteiger partial charge in [0.25, 0.3) is 0 Å². The molecular formula is C19H23N. The van der Waals surface area contributed by atoms with Gasteiger partial charge in [-0.25, -0.2) is 0 Å². The van der Waals surface area contributed by atoms with E-state index in [1.54, 1.807) is 0 Å². The summed E-state index contributed by atoms with van der Waals surface area (Å²) in [5, 5.41) is 3.62. The molecule has 1 aliphatic rings. The Kier molecular flexibility index (Phi) is 3.88. The number of rotatable bonds is 5. The Hall–Kier alpha value is -1.60. The molecule has 0 amide bonds. The first-order valence-corrected chi connectivity index (χ1v) is 7.61. The molecule has 1 saturated carbocycles. The molecule has 0 aromatic heterocycles. The molecule has 20 heavy (non-hydrogen) atoms. The summed E-state index contributed by atoms with van der Waals surface area (Å²) in [5.74, 6) is 0.837. The average molecular weight is 265 g/mol. The van der Waals surface area contributed by atoms with Crippen LogP contribution in [0.4, 0.5) is 0 Å². The van der Waals surface area contributed by atoms with Crippen LogP contribution >= 0.6 is 0 Å².